The first kappa shape index (κ1) is 21.2. The molecule has 0 bridgehead atoms. The summed E-state index contributed by atoms with van der Waals surface area (Å²) in [6.07, 6.45) is 2.03. The molecule has 0 atom stereocenters. The number of rotatable bonds is 7. The SMILES string of the molecule is COc1cc(OC)cc(C(=O)N(Cc2ccccc2)c2nc3c(SC)cccc3s2)c1. The van der Waals surface area contributed by atoms with Crippen LogP contribution < -0.4 is 14.4 Å². The normalized spacial score (nSPS) is 10.8. The highest BCUT2D eigenvalue weighted by Gasteiger charge is 2.23. The van der Waals surface area contributed by atoms with Gasteiger partial charge in [0.25, 0.3) is 5.91 Å². The van der Waals surface area contributed by atoms with Gasteiger partial charge in [0.1, 0.15) is 11.5 Å². The van der Waals surface area contributed by atoms with E-state index in [2.05, 4.69) is 0 Å². The summed E-state index contributed by atoms with van der Waals surface area (Å²) in [6.45, 7) is 0.410. The van der Waals surface area contributed by atoms with Crippen LogP contribution in [0.3, 0.4) is 0 Å². The van der Waals surface area contributed by atoms with Crippen LogP contribution in [0.2, 0.25) is 0 Å². The van der Waals surface area contributed by atoms with Crippen molar-refractivity contribution in [2.24, 2.45) is 0 Å². The van der Waals surface area contributed by atoms with Gasteiger partial charge in [0.2, 0.25) is 0 Å². The number of carbonyl (C=O) groups is 1. The molecule has 0 fully saturated rings. The van der Waals surface area contributed by atoms with Crippen molar-refractivity contribution in [2.45, 2.75) is 11.4 Å². The maximum Gasteiger partial charge on any atom is 0.260 e. The second kappa shape index (κ2) is 9.41. The zero-order chi connectivity index (χ0) is 21.8. The van der Waals surface area contributed by atoms with Gasteiger partial charge >= 0.3 is 0 Å². The van der Waals surface area contributed by atoms with Gasteiger partial charge in [-0.05, 0) is 36.1 Å². The monoisotopic (exact) mass is 450 g/mol. The summed E-state index contributed by atoms with van der Waals surface area (Å²) in [7, 11) is 3.14. The van der Waals surface area contributed by atoms with Gasteiger partial charge in [0.05, 0.1) is 31.0 Å². The van der Waals surface area contributed by atoms with E-state index in [0.29, 0.717) is 28.7 Å². The number of para-hydroxylation sites is 1. The van der Waals surface area contributed by atoms with Gasteiger partial charge in [-0.3, -0.25) is 9.69 Å². The van der Waals surface area contributed by atoms with Crippen LogP contribution in [0.1, 0.15) is 15.9 Å². The van der Waals surface area contributed by atoms with Gasteiger partial charge < -0.3 is 9.47 Å². The minimum atomic E-state index is -0.161. The Labute approximate surface area is 189 Å². The summed E-state index contributed by atoms with van der Waals surface area (Å²) in [5.41, 5.74) is 2.43. The van der Waals surface area contributed by atoms with Crippen molar-refractivity contribution < 1.29 is 14.3 Å². The first-order chi connectivity index (χ1) is 15.1. The number of carbonyl (C=O) groups excluding carboxylic acids is 1. The zero-order valence-corrected chi connectivity index (χ0v) is 19.1. The lowest BCUT2D eigenvalue weighted by molar-refractivity contribution is 0.0984. The highest BCUT2D eigenvalue weighted by atomic mass is 32.2. The van der Waals surface area contributed by atoms with Crippen LogP contribution in [-0.2, 0) is 6.54 Å². The molecule has 0 radical (unpaired) electrons. The minimum absolute atomic E-state index is 0.161. The van der Waals surface area contributed by atoms with Crippen LogP contribution in [0.15, 0.2) is 71.6 Å². The van der Waals surface area contributed by atoms with Crippen molar-refractivity contribution >= 4 is 44.4 Å². The summed E-state index contributed by atoms with van der Waals surface area (Å²) >= 11 is 3.16. The predicted molar refractivity (Wildman–Crippen MR) is 128 cm³/mol. The first-order valence-electron chi connectivity index (χ1n) is 9.65. The van der Waals surface area contributed by atoms with Gasteiger partial charge in [0.15, 0.2) is 5.13 Å². The van der Waals surface area contributed by atoms with E-state index in [0.717, 1.165) is 20.7 Å². The van der Waals surface area contributed by atoms with Crippen LogP contribution >= 0.6 is 23.1 Å². The molecule has 4 rings (SSSR count). The number of ether oxygens (including phenoxy) is 2. The van der Waals surface area contributed by atoms with Crippen LogP contribution in [0.4, 0.5) is 5.13 Å². The molecule has 0 saturated heterocycles. The summed E-state index contributed by atoms with van der Waals surface area (Å²) in [5, 5.41) is 0.659. The lowest BCUT2D eigenvalue weighted by Gasteiger charge is -2.21. The molecule has 0 spiro atoms. The average molecular weight is 451 g/mol. The molecule has 1 heterocycles. The van der Waals surface area contributed by atoms with Crippen LogP contribution in [0.25, 0.3) is 10.2 Å². The van der Waals surface area contributed by atoms with Crippen LogP contribution in [0, 0.1) is 0 Å². The topological polar surface area (TPSA) is 51.7 Å². The maximum atomic E-state index is 13.7. The van der Waals surface area contributed by atoms with Gasteiger partial charge in [-0.25, -0.2) is 4.98 Å². The van der Waals surface area contributed by atoms with Gasteiger partial charge in [-0.1, -0.05) is 47.7 Å². The fourth-order valence-corrected chi connectivity index (χ4v) is 4.89. The summed E-state index contributed by atoms with van der Waals surface area (Å²) in [6, 6.07) is 21.2. The second-order valence-corrected chi connectivity index (χ2v) is 8.64. The Kier molecular flexibility index (Phi) is 6.44. The molecular formula is C24H22N2O3S2. The van der Waals surface area contributed by atoms with Crippen molar-refractivity contribution in [3.63, 3.8) is 0 Å². The number of amides is 1. The summed E-state index contributed by atoms with van der Waals surface area (Å²) in [5.74, 6) is 0.971. The number of hydrogen-bond donors (Lipinski definition) is 0. The van der Waals surface area contributed by atoms with Gasteiger partial charge in [-0.15, -0.1) is 11.8 Å². The Bertz CT molecular complexity index is 1190. The van der Waals surface area contributed by atoms with Crippen molar-refractivity contribution in [1.82, 2.24) is 4.98 Å². The molecule has 0 aliphatic heterocycles. The fourth-order valence-electron chi connectivity index (χ4n) is 3.27. The third-order valence-electron chi connectivity index (χ3n) is 4.85. The van der Waals surface area contributed by atoms with E-state index in [1.807, 2.05) is 54.8 Å². The molecule has 158 valence electrons. The summed E-state index contributed by atoms with van der Waals surface area (Å²) < 4.78 is 11.8. The Morgan fingerprint density at radius 2 is 1.71 bits per heavy atom. The molecule has 3 aromatic carbocycles. The fraction of sp³-hybridized carbons (Fsp3) is 0.167. The molecule has 31 heavy (non-hydrogen) atoms. The van der Waals surface area contributed by atoms with E-state index in [1.54, 1.807) is 49.1 Å². The number of fused-ring (bicyclic) bond motifs is 1. The standard InChI is InChI=1S/C24H22N2O3S2/c1-28-18-12-17(13-19(14-18)29-2)23(27)26(15-16-8-5-4-6-9-16)24-25-22-20(30-3)10-7-11-21(22)31-24/h4-14H,15H2,1-3H3. The zero-order valence-electron chi connectivity index (χ0n) is 17.5. The van der Waals surface area contributed by atoms with E-state index < -0.39 is 0 Å². The van der Waals surface area contributed by atoms with Crippen LogP contribution in [0.5, 0.6) is 11.5 Å². The van der Waals surface area contributed by atoms with Crippen LogP contribution in [-0.4, -0.2) is 31.4 Å². The highest BCUT2D eigenvalue weighted by molar-refractivity contribution is 7.98. The van der Waals surface area contributed by atoms with Gasteiger partial charge in [-0.2, -0.15) is 0 Å². The number of aromatic nitrogens is 1. The number of hydrogen-bond acceptors (Lipinski definition) is 6. The van der Waals surface area contributed by atoms with E-state index in [9.17, 15) is 4.79 Å². The molecule has 0 unspecified atom stereocenters. The van der Waals surface area contributed by atoms with E-state index in [-0.39, 0.29) is 5.91 Å². The number of thiazole rings is 1. The number of methoxy groups -OCH3 is 2. The van der Waals surface area contributed by atoms with Crippen molar-refractivity contribution in [3.05, 3.63) is 77.9 Å². The molecule has 0 aliphatic carbocycles. The smallest absolute Gasteiger partial charge is 0.260 e. The van der Waals surface area contributed by atoms with Crippen molar-refractivity contribution in [1.29, 1.82) is 0 Å². The second-order valence-electron chi connectivity index (χ2n) is 6.78. The van der Waals surface area contributed by atoms with E-state index in [1.165, 1.54) is 11.3 Å². The quantitative estimate of drug-likeness (QED) is 0.329. The lowest BCUT2D eigenvalue weighted by Crippen LogP contribution is -2.30. The number of anilines is 1. The number of nitrogens with zero attached hydrogens (tertiary/aromatic N) is 2. The Balaban J connectivity index is 1.81. The van der Waals surface area contributed by atoms with E-state index in [4.69, 9.17) is 14.5 Å². The first-order valence-corrected chi connectivity index (χ1v) is 11.7. The van der Waals surface area contributed by atoms with Crippen molar-refractivity contribution in [2.75, 3.05) is 25.4 Å². The molecule has 7 heteroatoms. The number of benzene rings is 3. The number of thioether (sulfide) groups is 1. The Morgan fingerprint density at radius 1 is 1.00 bits per heavy atom. The van der Waals surface area contributed by atoms with Crippen molar-refractivity contribution in [3.8, 4) is 11.5 Å². The molecule has 1 aromatic heterocycles. The van der Waals surface area contributed by atoms with Gasteiger partial charge in [0, 0.05) is 16.5 Å². The average Bonchev–Trinajstić information content (AvgIpc) is 3.26. The minimum Gasteiger partial charge on any atom is -0.497 e. The molecule has 4 aromatic rings. The third-order valence-corrected chi connectivity index (χ3v) is 6.66. The molecule has 0 saturated carbocycles. The summed E-state index contributed by atoms with van der Waals surface area (Å²) in [4.78, 5) is 21.4. The third kappa shape index (κ3) is 4.52. The maximum absolute atomic E-state index is 13.7. The van der Waals surface area contributed by atoms with E-state index >= 15 is 0 Å². The molecule has 1 amide bonds. The highest BCUT2D eigenvalue weighted by Crippen LogP contribution is 2.35. The predicted octanol–water partition coefficient (Wildman–Crippen LogP) is 5.88. The molecule has 5 nitrogen and oxygen atoms in total. The molecule has 0 N–H and O–H groups in total. The largest absolute Gasteiger partial charge is 0.497 e. The molecular weight excluding hydrogens is 428 g/mol. The Hall–Kier alpha value is -3.03. The molecule has 0 aliphatic rings. The lowest BCUT2D eigenvalue weighted by atomic mass is 10.1. The Morgan fingerprint density at radius 3 is 2.35 bits per heavy atom.